The Balaban J connectivity index is 5.47. The van der Waals surface area contributed by atoms with Crippen molar-refractivity contribution >= 4 is 20.2 Å². The van der Waals surface area contributed by atoms with Crippen LogP contribution in [0.3, 0.4) is 0 Å². The predicted molar refractivity (Wildman–Crippen MR) is 74.2 cm³/mol. The van der Waals surface area contributed by atoms with E-state index >= 15 is 0 Å². The molecular formula is C11H24O6S2. The van der Waals surface area contributed by atoms with Crippen LogP contribution >= 0.6 is 0 Å². The second kappa shape index (κ2) is 7.01. The lowest BCUT2D eigenvalue weighted by atomic mass is 9.84. The summed E-state index contributed by atoms with van der Waals surface area (Å²) in [6.45, 7) is 6.59. The molecule has 2 N–H and O–H groups in total. The molecule has 0 fully saturated rings. The van der Waals surface area contributed by atoms with Gasteiger partial charge in [-0.2, -0.15) is 16.8 Å². The summed E-state index contributed by atoms with van der Waals surface area (Å²) in [7, 11) is -8.47. The molecule has 0 aromatic rings. The average Bonchev–Trinajstić information content (AvgIpc) is 2.22. The molecule has 0 amide bonds. The van der Waals surface area contributed by atoms with Gasteiger partial charge < -0.3 is 0 Å². The van der Waals surface area contributed by atoms with Gasteiger partial charge in [0.2, 0.25) is 0 Å². The lowest BCUT2D eigenvalue weighted by Gasteiger charge is -2.32. The minimum atomic E-state index is -4.24. The Morgan fingerprint density at radius 1 is 0.789 bits per heavy atom. The Bertz CT molecular complexity index is 467. The van der Waals surface area contributed by atoms with Crippen LogP contribution < -0.4 is 0 Å². The van der Waals surface area contributed by atoms with Gasteiger partial charge in [-0.15, -0.1) is 0 Å². The third-order valence-electron chi connectivity index (χ3n) is 3.78. The van der Waals surface area contributed by atoms with Crippen LogP contribution in [-0.4, -0.2) is 36.4 Å². The number of rotatable bonds is 8. The molecule has 0 aliphatic carbocycles. The third kappa shape index (κ3) is 5.02. The fourth-order valence-corrected chi connectivity index (χ4v) is 5.31. The van der Waals surface area contributed by atoms with E-state index in [1.807, 2.05) is 0 Å². The Morgan fingerprint density at radius 2 is 1.16 bits per heavy atom. The standard InChI is InChI=1S/C11H24O6S2/c1-5-9(11(7-3)19(15,16)17)8(4)10(6-2)18(12,13)14/h8-11H,5-7H2,1-4H3,(H,12,13,14)(H,15,16,17). The van der Waals surface area contributed by atoms with E-state index in [1.54, 1.807) is 27.7 Å². The van der Waals surface area contributed by atoms with E-state index in [0.717, 1.165) is 0 Å². The monoisotopic (exact) mass is 316 g/mol. The highest BCUT2D eigenvalue weighted by Gasteiger charge is 2.39. The highest BCUT2D eigenvalue weighted by molar-refractivity contribution is 7.86. The minimum absolute atomic E-state index is 0.193. The maximum atomic E-state index is 11.4. The van der Waals surface area contributed by atoms with Crippen LogP contribution in [0.1, 0.15) is 47.0 Å². The normalized spacial score (nSPS) is 19.7. The quantitative estimate of drug-likeness (QED) is 0.663. The summed E-state index contributed by atoms with van der Waals surface area (Å²) in [5, 5.41) is -2.03. The summed E-state index contributed by atoms with van der Waals surface area (Å²) in [6, 6.07) is 0. The molecule has 0 spiro atoms. The van der Waals surface area contributed by atoms with Gasteiger partial charge in [0.05, 0.1) is 10.5 Å². The van der Waals surface area contributed by atoms with E-state index in [0.29, 0.717) is 6.42 Å². The molecule has 0 bridgehead atoms. The van der Waals surface area contributed by atoms with Crippen molar-refractivity contribution in [1.29, 1.82) is 0 Å². The van der Waals surface area contributed by atoms with Gasteiger partial charge in [0.25, 0.3) is 20.2 Å². The van der Waals surface area contributed by atoms with Crippen molar-refractivity contribution in [2.45, 2.75) is 57.5 Å². The van der Waals surface area contributed by atoms with Gasteiger partial charge in [-0.25, -0.2) is 0 Å². The van der Waals surface area contributed by atoms with Gasteiger partial charge in [0.15, 0.2) is 0 Å². The molecule has 0 radical (unpaired) electrons. The second-order valence-corrected chi connectivity index (χ2v) is 8.13. The Morgan fingerprint density at radius 3 is 1.37 bits per heavy atom. The van der Waals surface area contributed by atoms with Crippen molar-refractivity contribution in [3.05, 3.63) is 0 Å². The highest BCUT2D eigenvalue weighted by atomic mass is 32.2. The average molecular weight is 316 g/mol. The van der Waals surface area contributed by atoms with E-state index in [9.17, 15) is 25.9 Å². The zero-order valence-electron chi connectivity index (χ0n) is 11.8. The molecule has 0 aromatic heterocycles. The Labute approximate surface area is 116 Å². The second-order valence-electron chi connectivity index (χ2n) is 4.85. The number of hydrogen-bond donors (Lipinski definition) is 2. The van der Waals surface area contributed by atoms with Crippen LogP contribution in [-0.2, 0) is 20.2 Å². The van der Waals surface area contributed by atoms with Crippen LogP contribution in [0.4, 0.5) is 0 Å². The fraction of sp³-hybridized carbons (Fsp3) is 1.00. The van der Waals surface area contributed by atoms with Crippen molar-refractivity contribution < 1.29 is 25.9 Å². The summed E-state index contributed by atoms with van der Waals surface area (Å²) < 4.78 is 63.9. The minimum Gasteiger partial charge on any atom is -0.285 e. The molecular weight excluding hydrogens is 292 g/mol. The van der Waals surface area contributed by atoms with E-state index in [1.165, 1.54) is 0 Å². The molecule has 4 unspecified atom stereocenters. The van der Waals surface area contributed by atoms with Crippen LogP contribution in [0.15, 0.2) is 0 Å². The molecule has 19 heavy (non-hydrogen) atoms. The van der Waals surface area contributed by atoms with E-state index in [4.69, 9.17) is 0 Å². The van der Waals surface area contributed by atoms with Crippen LogP contribution in [0.2, 0.25) is 0 Å². The summed E-state index contributed by atoms with van der Waals surface area (Å²) in [5.74, 6) is -1.08. The molecule has 0 saturated heterocycles. The first-order valence-corrected chi connectivity index (χ1v) is 9.43. The highest BCUT2D eigenvalue weighted by Crippen LogP contribution is 2.32. The lowest BCUT2D eigenvalue weighted by molar-refractivity contribution is 0.286. The first kappa shape index (κ1) is 18.8. The molecule has 0 saturated carbocycles. The Kier molecular flexibility index (Phi) is 6.94. The van der Waals surface area contributed by atoms with Gasteiger partial charge in [0.1, 0.15) is 0 Å². The third-order valence-corrected chi connectivity index (χ3v) is 6.76. The van der Waals surface area contributed by atoms with Crippen molar-refractivity contribution in [1.82, 2.24) is 0 Å². The zero-order chi connectivity index (χ0) is 15.4. The largest absolute Gasteiger partial charge is 0.285 e. The summed E-state index contributed by atoms with van der Waals surface area (Å²) >= 11 is 0. The summed E-state index contributed by atoms with van der Waals surface area (Å²) in [5.41, 5.74) is 0. The lowest BCUT2D eigenvalue weighted by Crippen LogP contribution is -2.40. The van der Waals surface area contributed by atoms with Gasteiger partial charge in [-0.1, -0.05) is 34.1 Å². The van der Waals surface area contributed by atoms with Crippen molar-refractivity contribution in [3.63, 3.8) is 0 Å². The Hall–Kier alpha value is -0.180. The smallest absolute Gasteiger partial charge is 0.268 e. The SMILES string of the molecule is CCC(C(C)C(CC)S(=O)(=O)O)C(CC)S(=O)(=O)O. The molecule has 6 nitrogen and oxygen atoms in total. The molecule has 0 aromatic carbocycles. The first-order valence-electron chi connectivity index (χ1n) is 6.43. The molecule has 0 aliphatic heterocycles. The van der Waals surface area contributed by atoms with Crippen molar-refractivity contribution in [3.8, 4) is 0 Å². The molecule has 116 valence electrons. The predicted octanol–water partition coefficient (Wildman–Crippen LogP) is 1.98. The van der Waals surface area contributed by atoms with Crippen molar-refractivity contribution in [2.75, 3.05) is 0 Å². The maximum absolute atomic E-state index is 11.4. The zero-order valence-corrected chi connectivity index (χ0v) is 13.4. The van der Waals surface area contributed by atoms with Crippen LogP contribution in [0.5, 0.6) is 0 Å². The van der Waals surface area contributed by atoms with Gasteiger partial charge in [-0.3, -0.25) is 9.11 Å². The molecule has 4 atom stereocenters. The molecule has 0 rings (SSSR count). The van der Waals surface area contributed by atoms with Gasteiger partial charge >= 0.3 is 0 Å². The van der Waals surface area contributed by atoms with Crippen LogP contribution in [0, 0.1) is 11.8 Å². The van der Waals surface area contributed by atoms with Crippen molar-refractivity contribution in [2.24, 2.45) is 11.8 Å². The first-order chi connectivity index (χ1) is 8.50. The maximum Gasteiger partial charge on any atom is 0.268 e. The summed E-state index contributed by atoms with van der Waals surface area (Å²) in [6.07, 6.45) is 0.799. The van der Waals surface area contributed by atoms with E-state index in [-0.39, 0.29) is 12.8 Å². The fourth-order valence-electron chi connectivity index (χ4n) is 2.84. The number of hydrogen-bond acceptors (Lipinski definition) is 4. The summed E-state index contributed by atoms with van der Waals surface area (Å²) in [4.78, 5) is 0. The molecule has 0 aliphatic rings. The van der Waals surface area contributed by atoms with Gasteiger partial charge in [-0.05, 0) is 24.7 Å². The topological polar surface area (TPSA) is 109 Å². The van der Waals surface area contributed by atoms with Gasteiger partial charge in [0, 0.05) is 0 Å². The molecule has 8 heteroatoms. The van der Waals surface area contributed by atoms with E-state index in [2.05, 4.69) is 0 Å². The van der Waals surface area contributed by atoms with Crippen LogP contribution in [0.25, 0.3) is 0 Å². The van der Waals surface area contributed by atoms with E-state index < -0.39 is 42.6 Å². The molecule has 0 heterocycles.